The fourth-order valence-corrected chi connectivity index (χ4v) is 12.3. The molecule has 2 aliphatic heterocycles. The molecule has 0 unspecified atom stereocenters. The highest BCUT2D eigenvalue weighted by Gasteiger charge is 2.34. The first-order chi connectivity index (χ1) is 44.7. The van der Waals surface area contributed by atoms with Gasteiger partial charge in [-0.2, -0.15) is 0 Å². The first-order valence-electron chi connectivity index (χ1n) is 34.0. The molecule has 16 N–H and O–H groups in total. The Balaban J connectivity index is 0.977. The number of benzene rings is 3. The summed E-state index contributed by atoms with van der Waals surface area (Å²) in [5, 5.41) is 12.7. The molecular formula is C68H106N12O12. The number of likely N-dealkylation sites (tertiary alicyclic amines) is 2. The molecule has 2 saturated carbocycles. The number of piperidine rings is 2. The van der Waals surface area contributed by atoms with Crippen LogP contribution in [-0.4, -0.2) is 174 Å². The summed E-state index contributed by atoms with van der Waals surface area (Å²) in [7, 11) is 2.89. The van der Waals surface area contributed by atoms with Gasteiger partial charge in [0, 0.05) is 80.6 Å². The van der Waals surface area contributed by atoms with Crippen LogP contribution in [-0.2, 0) is 0 Å². The molecule has 0 aromatic heterocycles. The maximum absolute atomic E-state index is 14.4. The van der Waals surface area contributed by atoms with Crippen LogP contribution in [0.4, 0.5) is 0 Å². The molecule has 510 valence electrons. The van der Waals surface area contributed by atoms with Gasteiger partial charge in [0.15, 0.2) is 0 Å². The van der Waals surface area contributed by atoms with Crippen LogP contribution < -0.4 is 84.1 Å². The Morgan fingerprint density at radius 2 is 0.587 bits per heavy atom. The van der Waals surface area contributed by atoms with E-state index in [0.29, 0.717) is 179 Å². The number of nitrogens with two attached hydrogens (primary N) is 6. The number of carbonyl (C=O) groups is 6. The minimum Gasteiger partial charge on any atom is -0.496 e. The third-order valence-corrected chi connectivity index (χ3v) is 18.0. The normalized spacial score (nSPS) is 18.7. The van der Waals surface area contributed by atoms with Crippen molar-refractivity contribution in [1.29, 1.82) is 0 Å². The van der Waals surface area contributed by atoms with Crippen molar-refractivity contribution in [3.05, 3.63) is 69.8 Å². The monoisotopic (exact) mass is 1280 g/mol. The van der Waals surface area contributed by atoms with Gasteiger partial charge in [-0.1, -0.05) is 0 Å². The lowest BCUT2D eigenvalue weighted by atomic mass is 9.90. The molecule has 4 fully saturated rings. The Kier molecular flexibility index (Phi) is 30.2. The number of methoxy groups -OCH3 is 2. The van der Waals surface area contributed by atoms with Gasteiger partial charge in [-0.15, -0.1) is 0 Å². The molecule has 3 aromatic carbocycles. The van der Waals surface area contributed by atoms with E-state index in [9.17, 15) is 28.8 Å². The number of carbonyl (C=O) groups excluding carboxylic acids is 6. The van der Waals surface area contributed by atoms with Gasteiger partial charge in [-0.25, -0.2) is 0 Å². The summed E-state index contributed by atoms with van der Waals surface area (Å²) in [4.78, 5) is 89.2. The summed E-state index contributed by atoms with van der Waals surface area (Å²) in [5.41, 5.74) is 36.7. The lowest BCUT2D eigenvalue weighted by molar-refractivity contribution is 0.0701. The lowest BCUT2D eigenvalue weighted by Gasteiger charge is -2.31. The molecule has 4 aliphatic rings. The molecule has 2 heterocycles. The Labute approximate surface area is 543 Å². The predicted octanol–water partition coefficient (Wildman–Crippen LogP) is 5.80. The summed E-state index contributed by atoms with van der Waals surface area (Å²) < 4.78 is 36.5. The van der Waals surface area contributed by atoms with Gasteiger partial charge >= 0.3 is 0 Å². The van der Waals surface area contributed by atoms with E-state index in [1.54, 1.807) is 34.1 Å². The molecule has 2 aliphatic carbocycles. The summed E-state index contributed by atoms with van der Waals surface area (Å²) in [6.45, 7) is 5.70. The molecule has 0 bridgehead atoms. The smallest absolute Gasteiger partial charge is 0.257 e. The molecule has 3 aromatic rings. The van der Waals surface area contributed by atoms with E-state index in [2.05, 4.69) is 21.3 Å². The average Bonchev–Trinajstić information content (AvgIpc) is 1.07. The number of ether oxygens (including phenoxy) is 6. The van der Waals surface area contributed by atoms with E-state index in [1.165, 1.54) is 26.4 Å². The van der Waals surface area contributed by atoms with E-state index in [-0.39, 0.29) is 105 Å². The Hall–Kier alpha value is -6.96. The number of unbranched alkanes of at least 4 members (excludes halogenated alkanes) is 8. The fourth-order valence-electron chi connectivity index (χ4n) is 12.3. The molecule has 7 rings (SSSR count). The predicted molar refractivity (Wildman–Crippen MR) is 354 cm³/mol. The van der Waals surface area contributed by atoms with Crippen molar-refractivity contribution >= 4 is 35.4 Å². The molecular weight excluding hydrogens is 1180 g/mol. The zero-order valence-corrected chi connectivity index (χ0v) is 54.6. The van der Waals surface area contributed by atoms with Crippen molar-refractivity contribution in [2.75, 3.05) is 93.0 Å². The molecule has 6 amide bonds. The molecule has 92 heavy (non-hydrogen) atoms. The molecule has 0 spiro atoms. The van der Waals surface area contributed by atoms with E-state index in [4.69, 9.17) is 62.8 Å². The number of hydrogen-bond acceptors (Lipinski definition) is 18. The minimum atomic E-state index is -0.432. The van der Waals surface area contributed by atoms with Gasteiger partial charge in [0.05, 0.1) is 74.0 Å². The number of nitrogens with one attached hydrogen (secondary N) is 4. The quantitative estimate of drug-likeness (QED) is 0.0307. The maximum Gasteiger partial charge on any atom is 0.257 e. The van der Waals surface area contributed by atoms with Crippen LogP contribution in [0.25, 0.3) is 0 Å². The second-order valence-electron chi connectivity index (χ2n) is 25.0. The number of rotatable bonds is 36. The summed E-state index contributed by atoms with van der Waals surface area (Å²) in [6, 6.07) is 8.63. The van der Waals surface area contributed by atoms with Gasteiger partial charge in [-0.05, 0) is 198 Å². The number of nitrogens with zero attached hydrogens (tertiary/aromatic N) is 2. The molecule has 2 saturated heterocycles. The van der Waals surface area contributed by atoms with Crippen molar-refractivity contribution in [2.45, 2.75) is 190 Å². The zero-order valence-electron chi connectivity index (χ0n) is 54.6. The van der Waals surface area contributed by atoms with Crippen molar-refractivity contribution in [2.24, 2.45) is 34.4 Å². The fraction of sp³-hybridized carbons (Fsp3) is 0.647. The lowest BCUT2D eigenvalue weighted by Crippen LogP contribution is -2.44. The van der Waals surface area contributed by atoms with Gasteiger partial charge in [0.1, 0.15) is 34.5 Å². The highest BCUT2D eigenvalue weighted by Crippen LogP contribution is 2.36. The second kappa shape index (κ2) is 38.3. The summed E-state index contributed by atoms with van der Waals surface area (Å²) >= 11 is 0. The van der Waals surface area contributed by atoms with Crippen LogP contribution in [0.3, 0.4) is 0 Å². The average molecular weight is 1280 g/mol. The standard InChI is InChI=1S/C68H106N12O12/c1-87-57-42-58(88-2)52(64(82)76-48-17-21-50(22-18-48)78-66(84)54-41-56(68(86)80-33-25-46(74)26-34-80)62(92-38-14-6-10-30-72)44-60(54)90-36-12-4-8-28-70)39-51(57)63(81)75-47-15-19-49(20-16-47)77-65(83)53-40-55(67(85)79-31-23-45(73)24-32-79)61(91-37-13-5-9-29-71)43-59(53)89-35-11-3-7-27-69/h39-50H,3-38,69-74H2,1-2H3,(H,75,81)(H,76,82)(H,77,83)(H,78,84). The first kappa shape index (κ1) is 72.5. The van der Waals surface area contributed by atoms with Crippen LogP contribution in [0.5, 0.6) is 34.5 Å². The zero-order chi connectivity index (χ0) is 65.8. The largest absolute Gasteiger partial charge is 0.496 e. The Morgan fingerprint density at radius 1 is 0.348 bits per heavy atom. The van der Waals surface area contributed by atoms with Gasteiger partial charge in [0.2, 0.25) is 0 Å². The van der Waals surface area contributed by atoms with Gasteiger partial charge < -0.3 is 93.9 Å². The molecule has 0 radical (unpaired) electrons. The van der Waals surface area contributed by atoms with E-state index in [1.807, 2.05) is 0 Å². The van der Waals surface area contributed by atoms with Crippen molar-refractivity contribution in [3.63, 3.8) is 0 Å². The van der Waals surface area contributed by atoms with Crippen molar-refractivity contribution in [1.82, 2.24) is 31.1 Å². The first-order valence-corrected chi connectivity index (χ1v) is 34.0. The van der Waals surface area contributed by atoms with Crippen molar-refractivity contribution in [3.8, 4) is 34.5 Å². The molecule has 24 heteroatoms. The van der Waals surface area contributed by atoms with Gasteiger partial charge in [-0.3, -0.25) is 28.8 Å². The number of amides is 6. The van der Waals surface area contributed by atoms with E-state index < -0.39 is 11.8 Å². The highest BCUT2D eigenvalue weighted by atomic mass is 16.5. The summed E-state index contributed by atoms with van der Waals surface area (Å²) in [5.74, 6) is -0.269. The molecule has 0 atom stereocenters. The van der Waals surface area contributed by atoms with E-state index in [0.717, 1.165) is 77.0 Å². The van der Waals surface area contributed by atoms with Crippen LogP contribution in [0, 0.1) is 0 Å². The maximum atomic E-state index is 14.4. The topological polar surface area (TPSA) is 369 Å². The minimum absolute atomic E-state index is 0.0189. The van der Waals surface area contributed by atoms with Gasteiger partial charge in [0.25, 0.3) is 35.4 Å². The van der Waals surface area contributed by atoms with Crippen LogP contribution >= 0.6 is 0 Å². The third kappa shape index (κ3) is 21.6. The Morgan fingerprint density at radius 3 is 0.848 bits per heavy atom. The van der Waals surface area contributed by atoms with Crippen molar-refractivity contribution < 1.29 is 57.2 Å². The third-order valence-electron chi connectivity index (χ3n) is 18.0. The SMILES string of the molecule is COc1cc(OC)c(C(=O)NC2CCC(NC(=O)c3cc(C(=O)N4CCC(N)CC4)c(OCCCCCN)cc3OCCCCCN)CC2)cc1C(=O)NC1CCC(NC(=O)c2cc(C(=O)N3CCC(N)CC3)c(OCCCCCN)cc2OCCCCCN)CC1. The van der Waals surface area contributed by atoms with E-state index >= 15 is 0 Å². The Bertz CT molecular complexity index is 2660. The molecule has 24 nitrogen and oxygen atoms in total. The number of hydrogen-bond donors (Lipinski definition) is 10. The second-order valence-corrected chi connectivity index (χ2v) is 25.0. The summed E-state index contributed by atoms with van der Waals surface area (Å²) in [6.07, 6.45) is 16.9. The highest BCUT2D eigenvalue weighted by molar-refractivity contribution is 6.05. The van der Waals surface area contributed by atoms with Crippen LogP contribution in [0.1, 0.15) is 216 Å². The van der Waals surface area contributed by atoms with Crippen LogP contribution in [0.2, 0.25) is 0 Å². The van der Waals surface area contributed by atoms with Crippen LogP contribution in [0.15, 0.2) is 36.4 Å².